The van der Waals surface area contributed by atoms with Crippen molar-refractivity contribution in [1.82, 2.24) is 10.3 Å². The predicted octanol–water partition coefficient (Wildman–Crippen LogP) is 3.83. The van der Waals surface area contributed by atoms with E-state index in [4.69, 9.17) is 0 Å². The fraction of sp³-hybridized carbons (Fsp3) is 0.100. The van der Waals surface area contributed by atoms with E-state index in [1.165, 1.54) is 24.3 Å². The molecule has 1 aromatic heterocycles. The molecule has 0 unspecified atom stereocenters. The molecule has 3 aromatic rings. The fourth-order valence-corrected chi connectivity index (χ4v) is 3.71. The summed E-state index contributed by atoms with van der Waals surface area (Å²) in [5.41, 5.74) is -0.531. The van der Waals surface area contributed by atoms with E-state index in [-0.39, 0.29) is 17.8 Å². The molecule has 0 radical (unpaired) electrons. The number of carbonyl (C=O) groups excluding carboxylic acids is 1. The lowest BCUT2D eigenvalue weighted by molar-refractivity contribution is -0.137. The summed E-state index contributed by atoms with van der Waals surface area (Å²) in [6.45, 7) is 0.119. The van der Waals surface area contributed by atoms with Gasteiger partial charge in [-0.25, -0.2) is 8.42 Å². The zero-order chi connectivity index (χ0) is 21.8. The molecule has 0 aliphatic rings. The predicted molar refractivity (Wildman–Crippen MR) is 104 cm³/mol. The van der Waals surface area contributed by atoms with E-state index >= 15 is 0 Å². The number of nitrogens with one attached hydrogen (secondary N) is 2. The number of nitrogens with zero attached hydrogens (tertiary/aromatic N) is 1. The number of rotatable bonds is 6. The van der Waals surface area contributed by atoms with Gasteiger partial charge in [0, 0.05) is 6.20 Å². The molecular formula is C20H16F3N3O3S. The van der Waals surface area contributed by atoms with E-state index < -0.39 is 32.6 Å². The standard InChI is InChI=1S/C20H16F3N3O3S/c21-20(22,23)14-6-5-8-16(12-14)30(28,29)26-18-10-2-1-9-17(18)19(27)25-13-15-7-3-4-11-24-15/h1-12,26H,13H2,(H,25,27). The first-order chi connectivity index (χ1) is 14.2. The maximum atomic E-state index is 12.9. The van der Waals surface area contributed by atoms with Crippen LogP contribution in [0.15, 0.2) is 77.8 Å². The Labute approximate surface area is 170 Å². The third-order valence-corrected chi connectivity index (χ3v) is 5.41. The van der Waals surface area contributed by atoms with Crippen LogP contribution in [0.5, 0.6) is 0 Å². The third kappa shape index (κ3) is 5.15. The van der Waals surface area contributed by atoms with Crippen LogP contribution in [0.4, 0.5) is 18.9 Å². The lowest BCUT2D eigenvalue weighted by Gasteiger charge is -2.14. The molecule has 0 spiro atoms. The Bertz CT molecular complexity index is 1150. The largest absolute Gasteiger partial charge is 0.416 e. The molecule has 0 aliphatic carbocycles. The summed E-state index contributed by atoms with van der Waals surface area (Å²) in [6, 6.07) is 14.3. The Hall–Kier alpha value is -3.40. The van der Waals surface area contributed by atoms with Crippen molar-refractivity contribution >= 4 is 21.6 Å². The summed E-state index contributed by atoms with van der Waals surface area (Å²) in [5, 5.41) is 2.63. The summed E-state index contributed by atoms with van der Waals surface area (Å²) in [4.78, 5) is 16.0. The van der Waals surface area contributed by atoms with Crippen LogP contribution in [0, 0.1) is 0 Å². The molecule has 2 N–H and O–H groups in total. The first kappa shape index (κ1) is 21.3. The molecular weight excluding hydrogens is 419 g/mol. The number of halogens is 3. The highest BCUT2D eigenvalue weighted by molar-refractivity contribution is 7.92. The van der Waals surface area contributed by atoms with E-state index in [0.717, 1.165) is 18.2 Å². The van der Waals surface area contributed by atoms with Crippen molar-refractivity contribution in [2.45, 2.75) is 17.6 Å². The average molecular weight is 435 g/mol. The van der Waals surface area contributed by atoms with Crippen LogP contribution in [-0.2, 0) is 22.7 Å². The van der Waals surface area contributed by atoms with Gasteiger partial charge in [0.05, 0.1) is 33.9 Å². The molecule has 0 saturated heterocycles. The number of alkyl halides is 3. The number of benzene rings is 2. The van der Waals surface area contributed by atoms with E-state index in [1.54, 1.807) is 24.4 Å². The second-order valence-electron chi connectivity index (χ2n) is 6.18. The third-order valence-electron chi connectivity index (χ3n) is 4.04. The van der Waals surface area contributed by atoms with Crippen LogP contribution in [-0.4, -0.2) is 19.3 Å². The van der Waals surface area contributed by atoms with E-state index in [2.05, 4.69) is 15.0 Å². The topological polar surface area (TPSA) is 88.2 Å². The first-order valence-electron chi connectivity index (χ1n) is 8.64. The second-order valence-corrected chi connectivity index (χ2v) is 7.86. The normalized spacial score (nSPS) is 11.7. The van der Waals surface area contributed by atoms with Crippen molar-refractivity contribution in [1.29, 1.82) is 0 Å². The molecule has 3 rings (SSSR count). The van der Waals surface area contributed by atoms with Crippen molar-refractivity contribution in [3.8, 4) is 0 Å². The number of anilines is 1. The summed E-state index contributed by atoms with van der Waals surface area (Å²) in [6.07, 6.45) is -3.12. The van der Waals surface area contributed by atoms with Gasteiger partial charge in [-0.15, -0.1) is 0 Å². The summed E-state index contributed by atoms with van der Waals surface area (Å²) >= 11 is 0. The smallest absolute Gasteiger partial charge is 0.346 e. The molecule has 6 nitrogen and oxygen atoms in total. The Morgan fingerprint density at radius 3 is 2.40 bits per heavy atom. The number of carbonyl (C=O) groups is 1. The molecule has 1 heterocycles. The Balaban J connectivity index is 1.83. The Kier molecular flexibility index (Phi) is 6.06. The van der Waals surface area contributed by atoms with Gasteiger partial charge in [-0.1, -0.05) is 24.3 Å². The van der Waals surface area contributed by atoms with Crippen molar-refractivity contribution in [3.05, 3.63) is 89.7 Å². The van der Waals surface area contributed by atoms with Crippen molar-refractivity contribution in [2.24, 2.45) is 0 Å². The summed E-state index contributed by atoms with van der Waals surface area (Å²) in [7, 11) is -4.36. The molecule has 0 bridgehead atoms. The van der Waals surface area contributed by atoms with E-state index in [1.807, 2.05) is 0 Å². The minimum atomic E-state index is -4.69. The van der Waals surface area contributed by atoms with Gasteiger partial charge in [-0.3, -0.25) is 14.5 Å². The second kappa shape index (κ2) is 8.54. The average Bonchev–Trinajstić information content (AvgIpc) is 2.72. The highest BCUT2D eigenvalue weighted by Crippen LogP contribution is 2.31. The van der Waals surface area contributed by atoms with Gasteiger partial charge in [0.15, 0.2) is 0 Å². The quantitative estimate of drug-likeness (QED) is 0.616. The summed E-state index contributed by atoms with van der Waals surface area (Å²) < 4.78 is 66.1. The Morgan fingerprint density at radius 2 is 1.70 bits per heavy atom. The SMILES string of the molecule is O=C(NCc1ccccn1)c1ccccc1NS(=O)(=O)c1cccc(C(F)(F)F)c1. The number of hydrogen-bond acceptors (Lipinski definition) is 4. The van der Waals surface area contributed by atoms with E-state index in [0.29, 0.717) is 11.8 Å². The van der Waals surface area contributed by atoms with Gasteiger partial charge in [-0.2, -0.15) is 13.2 Å². The molecule has 0 atom stereocenters. The van der Waals surface area contributed by atoms with Crippen LogP contribution in [0.2, 0.25) is 0 Å². The Morgan fingerprint density at radius 1 is 0.967 bits per heavy atom. The van der Waals surface area contributed by atoms with Crippen LogP contribution < -0.4 is 10.0 Å². The molecule has 156 valence electrons. The van der Waals surface area contributed by atoms with Gasteiger partial charge in [0.2, 0.25) is 0 Å². The van der Waals surface area contributed by atoms with Crippen LogP contribution in [0.25, 0.3) is 0 Å². The zero-order valence-electron chi connectivity index (χ0n) is 15.3. The molecule has 0 saturated carbocycles. The number of sulfonamides is 1. The minimum absolute atomic E-state index is 0.0176. The zero-order valence-corrected chi connectivity index (χ0v) is 16.2. The lowest BCUT2D eigenvalue weighted by atomic mass is 10.1. The number of pyridine rings is 1. The van der Waals surface area contributed by atoms with Gasteiger partial charge >= 0.3 is 6.18 Å². The van der Waals surface area contributed by atoms with Gasteiger partial charge in [0.25, 0.3) is 15.9 Å². The van der Waals surface area contributed by atoms with Crippen LogP contribution in [0.3, 0.4) is 0 Å². The molecule has 0 aliphatic heterocycles. The highest BCUT2D eigenvalue weighted by atomic mass is 32.2. The number of hydrogen-bond donors (Lipinski definition) is 2. The monoisotopic (exact) mass is 435 g/mol. The highest BCUT2D eigenvalue weighted by Gasteiger charge is 2.31. The van der Waals surface area contributed by atoms with Crippen molar-refractivity contribution < 1.29 is 26.4 Å². The maximum absolute atomic E-state index is 12.9. The summed E-state index contributed by atoms with van der Waals surface area (Å²) in [5.74, 6) is -0.567. The van der Waals surface area contributed by atoms with Gasteiger partial charge in [-0.05, 0) is 42.5 Å². The van der Waals surface area contributed by atoms with Crippen molar-refractivity contribution in [2.75, 3.05) is 4.72 Å². The van der Waals surface area contributed by atoms with E-state index in [9.17, 15) is 26.4 Å². The van der Waals surface area contributed by atoms with Crippen LogP contribution >= 0.6 is 0 Å². The fourth-order valence-electron chi connectivity index (χ4n) is 2.58. The van der Waals surface area contributed by atoms with Gasteiger partial charge in [0.1, 0.15) is 0 Å². The molecule has 10 heteroatoms. The lowest BCUT2D eigenvalue weighted by Crippen LogP contribution is -2.25. The minimum Gasteiger partial charge on any atom is -0.346 e. The number of aromatic nitrogens is 1. The first-order valence-corrected chi connectivity index (χ1v) is 10.1. The van der Waals surface area contributed by atoms with Crippen molar-refractivity contribution in [3.63, 3.8) is 0 Å². The maximum Gasteiger partial charge on any atom is 0.416 e. The van der Waals surface area contributed by atoms with Gasteiger partial charge < -0.3 is 5.32 Å². The molecule has 30 heavy (non-hydrogen) atoms. The number of amides is 1. The number of para-hydroxylation sites is 1. The molecule has 1 amide bonds. The van der Waals surface area contributed by atoms with Crippen LogP contribution in [0.1, 0.15) is 21.6 Å². The molecule has 2 aromatic carbocycles. The molecule has 0 fully saturated rings.